The second kappa shape index (κ2) is 8.20. The van der Waals surface area contributed by atoms with E-state index in [-0.39, 0.29) is 21.5 Å². The number of rotatable bonds is 7. The number of hydrogen-bond donors (Lipinski definition) is 1. The predicted molar refractivity (Wildman–Crippen MR) is 103 cm³/mol. The van der Waals surface area contributed by atoms with Crippen LogP contribution < -0.4 is 14.2 Å². The molecule has 0 saturated heterocycles. The second-order valence-corrected chi connectivity index (χ2v) is 8.10. The van der Waals surface area contributed by atoms with Crippen LogP contribution in [0.5, 0.6) is 17.4 Å². The van der Waals surface area contributed by atoms with Crippen molar-refractivity contribution in [3.05, 3.63) is 40.0 Å². The maximum Gasteiger partial charge on any atom is 0.271 e. The largest absolute Gasteiger partial charge is 0.482 e. The number of nitrogens with zero attached hydrogens (tertiary/aromatic N) is 2. The SMILES string of the molecule is C=Cc1c(C)nn(C)c1Oc1cc(OCC(=O)NS(C)(=O)=O)c(Cl)cc1Cl. The van der Waals surface area contributed by atoms with E-state index in [2.05, 4.69) is 11.7 Å². The summed E-state index contributed by atoms with van der Waals surface area (Å²) in [6, 6.07) is 2.78. The maximum absolute atomic E-state index is 11.6. The molecule has 0 unspecified atom stereocenters. The third kappa shape index (κ3) is 5.38. The highest BCUT2D eigenvalue weighted by molar-refractivity contribution is 7.89. The summed E-state index contributed by atoms with van der Waals surface area (Å²) in [6.45, 7) is 4.98. The van der Waals surface area contributed by atoms with E-state index in [1.807, 2.05) is 6.92 Å². The molecule has 0 bridgehead atoms. The maximum atomic E-state index is 11.6. The van der Waals surface area contributed by atoms with Gasteiger partial charge >= 0.3 is 0 Å². The van der Waals surface area contributed by atoms with Gasteiger partial charge in [-0.05, 0) is 13.0 Å². The summed E-state index contributed by atoms with van der Waals surface area (Å²) in [7, 11) is -1.98. The summed E-state index contributed by atoms with van der Waals surface area (Å²) >= 11 is 12.2. The molecule has 1 aromatic heterocycles. The first-order valence-corrected chi connectivity index (χ1v) is 10.1. The monoisotopic (exact) mass is 433 g/mol. The van der Waals surface area contributed by atoms with Crippen molar-refractivity contribution >= 4 is 45.2 Å². The molecule has 1 heterocycles. The molecule has 0 aliphatic carbocycles. The van der Waals surface area contributed by atoms with Crippen LogP contribution in [0.25, 0.3) is 6.08 Å². The van der Waals surface area contributed by atoms with E-state index >= 15 is 0 Å². The van der Waals surface area contributed by atoms with Crippen LogP contribution in [0.2, 0.25) is 10.0 Å². The number of benzene rings is 1. The Balaban J connectivity index is 2.26. The van der Waals surface area contributed by atoms with E-state index in [4.69, 9.17) is 32.7 Å². The van der Waals surface area contributed by atoms with Gasteiger partial charge in [0.1, 0.15) is 5.75 Å². The first kappa shape index (κ1) is 21.1. The highest BCUT2D eigenvalue weighted by atomic mass is 35.5. The van der Waals surface area contributed by atoms with Gasteiger partial charge in [-0.25, -0.2) is 13.1 Å². The molecule has 27 heavy (non-hydrogen) atoms. The molecule has 0 aliphatic heterocycles. The molecular formula is C16H17Cl2N3O5S. The molecular weight excluding hydrogens is 417 g/mol. The summed E-state index contributed by atoms with van der Waals surface area (Å²) in [5.74, 6) is -0.126. The number of halogens is 2. The summed E-state index contributed by atoms with van der Waals surface area (Å²) in [4.78, 5) is 11.6. The summed E-state index contributed by atoms with van der Waals surface area (Å²) in [5.41, 5.74) is 1.42. The number of carbonyl (C=O) groups is 1. The lowest BCUT2D eigenvalue weighted by molar-refractivity contribution is -0.121. The molecule has 0 atom stereocenters. The number of amides is 1. The number of carbonyl (C=O) groups excluding carboxylic acids is 1. The normalized spacial score (nSPS) is 11.1. The van der Waals surface area contributed by atoms with Crippen LogP contribution in [0.1, 0.15) is 11.3 Å². The highest BCUT2D eigenvalue weighted by Crippen LogP contribution is 2.39. The molecule has 2 aromatic rings. The first-order chi connectivity index (χ1) is 12.5. The van der Waals surface area contributed by atoms with Crippen molar-refractivity contribution < 1.29 is 22.7 Å². The molecule has 1 N–H and O–H groups in total. The third-order valence-electron chi connectivity index (χ3n) is 3.27. The van der Waals surface area contributed by atoms with E-state index in [1.165, 1.54) is 16.8 Å². The minimum atomic E-state index is -3.68. The minimum absolute atomic E-state index is 0.0961. The molecule has 0 spiro atoms. The number of hydrogen-bond acceptors (Lipinski definition) is 6. The van der Waals surface area contributed by atoms with Gasteiger partial charge < -0.3 is 9.47 Å². The van der Waals surface area contributed by atoms with E-state index in [9.17, 15) is 13.2 Å². The number of aryl methyl sites for hydroxylation is 2. The fraction of sp³-hybridized carbons (Fsp3) is 0.250. The van der Waals surface area contributed by atoms with E-state index in [0.717, 1.165) is 11.9 Å². The third-order valence-corrected chi connectivity index (χ3v) is 4.46. The number of aromatic nitrogens is 2. The van der Waals surface area contributed by atoms with Crippen LogP contribution in [0.3, 0.4) is 0 Å². The quantitative estimate of drug-likeness (QED) is 0.720. The topological polar surface area (TPSA) is 99.5 Å². The molecule has 8 nitrogen and oxygen atoms in total. The van der Waals surface area contributed by atoms with Gasteiger partial charge in [-0.3, -0.25) is 9.52 Å². The fourth-order valence-corrected chi connectivity index (χ4v) is 3.14. The molecule has 1 aromatic carbocycles. The van der Waals surface area contributed by atoms with Crippen molar-refractivity contribution in [3.63, 3.8) is 0 Å². The smallest absolute Gasteiger partial charge is 0.271 e. The van der Waals surface area contributed by atoms with Crippen LogP contribution in [0.15, 0.2) is 18.7 Å². The first-order valence-electron chi connectivity index (χ1n) is 7.48. The predicted octanol–water partition coefficient (Wildman–Crippen LogP) is 2.93. The Labute approximate surface area is 166 Å². The Morgan fingerprint density at radius 1 is 1.33 bits per heavy atom. The van der Waals surface area contributed by atoms with E-state index in [0.29, 0.717) is 11.4 Å². The summed E-state index contributed by atoms with van der Waals surface area (Å²) < 4.78 is 36.5. The summed E-state index contributed by atoms with van der Waals surface area (Å²) in [6.07, 6.45) is 2.47. The van der Waals surface area contributed by atoms with Gasteiger partial charge in [-0.1, -0.05) is 35.9 Å². The lowest BCUT2D eigenvalue weighted by Crippen LogP contribution is -2.33. The number of sulfonamides is 1. The van der Waals surface area contributed by atoms with Gasteiger partial charge in [-0.2, -0.15) is 5.10 Å². The van der Waals surface area contributed by atoms with Gasteiger partial charge in [0.05, 0.1) is 27.6 Å². The van der Waals surface area contributed by atoms with E-state index < -0.39 is 22.5 Å². The molecule has 0 saturated carbocycles. The van der Waals surface area contributed by atoms with Crippen LogP contribution in [-0.4, -0.2) is 37.0 Å². The lowest BCUT2D eigenvalue weighted by Gasteiger charge is -2.13. The van der Waals surface area contributed by atoms with Crippen molar-refractivity contribution in [2.75, 3.05) is 12.9 Å². The van der Waals surface area contributed by atoms with Crippen molar-refractivity contribution in [2.24, 2.45) is 7.05 Å². The molecule has 146 valence electrons. The Kier molecular flexibility index (Phi) is 6.40. The van der Waals surface area contributed by atoms with E-state index in [1.54, 1.807) is 17.8 Å². The van der Waals surface area contributed by atoms with Gasteiger partial charge in [0.2, 0.25) is 15.9 Å². The zero-order valence-corrected chi connectivity index (χ0v) is 17.1. The Morgan fingerprint density at radius 2 is 1.96 bits per heavy atom. The minimum Gasteiger partial charge on any atom is -0.482 e. The van der Waals surface area contributed by atoms with Crippen molar-refractivity contribution in [1.29, 1.82) is 0 Å². The van der Waals surface area contributed by atoms with Gasteiger partial charge in [-0.15, -0.1) is 0 Å². The highest BCUT2D eigenvalue weighted by Gasteiger charge is 2.17. The van der Waals surface area contributed by atoms with Crippen LogP contribution in [-0.2, 0) is 21.9 Å². The molecule has 2 rings (SSSR count). The summed E-state index contributed by atoms with van der Waals surface area (Å²) in [5, 5.41) is 4.59. The Morgan fingerprint density at radius 3 is 2.56 bits per heavy atom. The molecule has 11 heteroatoms. The molecule has 0 fully saturated rings. The zero-order valence-electron chi connectivity index (χ0n) is 14.7. The van der Waals surface area contributed by atoms with Gasteiger partial charge in [0.15, 0.2) is 12.4 Å². The molecule has 1 amide bonds. The Bertz CT molecular complexity index is 1000. The second-order valence-electron chi connectivity index (χ2n) is 5.53. The standard InChI is InChI=1S/C16H17Cl2N3O5S/c1-5-10-9(2)19-21(3)16(10)26-14-7-13(11(17)6-12(14)18)25-8-15(22)20-27(4,23)24/h5-7H,1,8H2,2-4H3,(H,20,22). The van der Waals surface area contributed by atoms with Crippen LogP contribution >= 0.6 is 23.2 Å². The van der Waals surface area contributed by atoms with Crippen LogP contribution in [0, 0.1) is 6.92 Å². The molecule has 0 aliphatic rings. The van der Waals surface area contributed by atoms with Crippen molar-refractivity contribution in [1.82, 2.24) is 14.5 Å². The fourth-order valence-electron chi connectivity index (χ4n) is 2.19. The average molecular weight is 434 g/mol. The van der Waals surface area contributed by atoms with Gasteiger partial charge in [0, 0.05) is 13.1 Å². The Hall–Kier alpha value is -2.23. The number of ether oxygens (including phenoxy) is 2. The van der Waals surface area contributed by atoms with Crippen molar-refractivity contribution in [3.8, 4) is 17.4 Å². The zero-order chi connectivity index (χ0) is 20.4. The average Bonchev–Trinajstić information content (AvgIpc) is 2.80. The number of nitrogens with one attached hydrogen (secondary N) is 1. The van der Waals surface area contributed by atoms with Crippen molar-refractivity contribution in [2.45, 2.75) is 6.92 Å². The van der Waals surface area contributed by atoms with Gasteiger partial charge in [0.25, 0.3) is 5.91 Å². The van der Waals surface area contributed by atoms with Crippen LogP contribution in [0.4, 0.5) is 0 Å². The molecule has 0 radical (unpaired) electrons. The lowest BCUT2D eigenvalue weighted by atomic mass is 10.2.